The summed E-state index contributed by atoms with van der Waals surface area (Å²) in [6.45, 7) is -0.238. The third kappa shape index (κ3) is 5.19. The molecule has 1 aliphatic heterocycles. The lowest BCUT2D eigenvalue weighted by Gasteiger charge is -2.33. The van der Waals surface area contributed by atoms with Gasteiger partial charge < -0.3 is 5.32 Å². The monoisotopic (exact) mass is 347 g/mol. The Labute approximate surface area is 136 Å². The van der Waals surface area contributed by atoms with Crippen LogP contribution in [0.4, 0.5) is 28.0 Å². The number of anilines is 1. The largest absolute Gasteiger partial charge is 0.393 e. The lowest BCUT2D eigenvalue weighted by molar-refractivity contribution is -0.187. The smallest absolute Gasteiger partial charge is 0.305 e. The molecule has 1 fully saturated rings. The molecule has 0 spiro atoms. The summed E-state index contributed by atoms with van der Waals surface area (Å²) in [4.78, 5) is 24.8. The van der Waals surface area contributed by atoms with Crippen LogP contribution in [0.5, 0.6) is 0 Å². The number of likely N-dealkylation sites (tertiary alicyclic amines) is 1. The average Bonchev–Trinajstić information content (AvgIpc) is 2.49. The maximum atomic E-state index is 13.4. The summed E-state index contributed by atoms with van der Waals surface area (Å²) in [6, 6.07) is 4.47. The predicted molar refractivity (Wildman–Crippen MR) is 78.8 cm³/mol. The quantitative estimate of drug-likeness (QED) is 0.827. The van der Waals surface area contributed by atoms with Gasteiger partial charge in [-0.1, -0.05) is 12.1 Å². The van der Waals surface area contributed by atoms with E-state index in [2.05, 4.69) is 5.32 Å². The first kappa shape index (κ1) is 18.2. The van der Waals surface area contributed by atoms with Crippen LogP contribution in [0, 0.1) is 11.7 Å². The van der Waals surface area contributed by atoms with E-state index in [1.165, 1.54) is 23.1 Å². The predicted octanol–water partition coefficient (Wildman–Crippen LogP) is 2.75. The fourth-order valence-corrected chi connectivity index (χ4v) is 2.55. The Bertz CT molecular complexity index is 607. The molecule has 2 N–H and O–H groups in total. The molecule has 1 aromatic rings. The Kier molecular flexibility index (Phi) is 5.76. The van der Waals surface area contributed by atoms with Crippen LogP contribution in [0.1, 0.15) is 12.8 Å². The summed E-state index contributed by atoms with van der Waals surface area (Å²) in [5.41, 5.74) is -0.0992. The summed E-state index contributed by atoms with van der Waals surface area (Å²) in [7, 11) is 0. The van der Waals surface area contributed by atoms with Gasteiger partial charge in [0.2, 0.25) is 5.91 Å². The number of rotatable bonds is 3. The molecule has 1 aliphatic rings. The second kappa shape index (κ2) is 7.61. The number of nitrogens with zero attached hydrogens (tertiary/aromatic N) is 1. The van der Waals surface area contributed by atoms with Gasteiger partial charge in [-0.3, -0.25) is 15.0 Å². The normalized spacial score (nSPS) is 18.9. The van der Waals surface area contributed by atoms with E-state index in [-0.39, 0.29) is 25.2 Å². The minimum atomic E-state index is -4.29. The number of carbonyl (C=O) groups is 2. The molecule has 0 saturated carbocycles. The number of piperidine rings is 1. The van der Waals surface area contributed by atoms with Gasteiger partial charge in [0, 0.05) is 6.54 Å². The summed E-state index contributed by atoms with van der Waals surface area (Å²) in [6.07, 6.45) is -3.92. The molecule has 1 atom stereocenters. The van der Waals surface area contributed by atoms with Gasteiger partial charge in [-0.25, -0.2) is 9.18 Å². The Balaban J connectivity index is 1.82. The van der Waals surface area contributed by atoms with Gasteiger partial charge in [0.15, 0.2) is 0 Å². The van der Waals surface area contributed by atoms with Gasteiger partial charge in [-0.2, -0.15) is 13.2 Å². The van der Waals surface area contributed by atoms with E-state index in [1.54, 1.807) is 0 Å². The molecule has 24 heavy (non-hydrogen) atoms. The Morgan fingerprint density at radius 2 is 1.96 bits per heavy atom. The molecule has 1 aromatic carbocycles. The number of imide groups is 1. The third-order valence-corrected chi connectivity index (χ3v) is 3.71. The Hall–Kier alpha value is -2.16. The zero-order chi connectivity index (χ0) is 17.7. The topological polar surface area (TPSA) is 61.4 Å². The number of para-hydroxylation sites is 1. The summed E-state index contributed by atoms with van der Waals surface area (Å²) < 4.78 is 51.5. The van der Waals surface area contributed by atoms with E-state index in [9.17, 15) is 27.2 Å². The molecule has 1 unspecified atom stereocenters. The van der Waals surface area contributed by atoms with Crippen LogP contribution >= 0.6 is 0 Å². The van der Waals surface area contributed by atoms with E-state index < -0.39 is 29.8 Å². The molecule has 1 saturated heterocycles. The van der Waals surface area contributed by atoms with E-state index in [4.69, 9.17) is 0 Å². The number of hydrogen-bond donors (Lipinski definition) is 2. The van der Waals surface area contributed by atoms with Crippen molar-refractivity contribution < 1.29 is 27.2 Å². The number of halogens is 4. The van der Waals surface area contributed by atoms with E-state index in [0.717, 1.165) is 6.07 Å². The molecule has 1 heterocycles. The van der Waals surface area contributed by atoms with Gasteiger partial charge in [-0.05, 0) is 31.5 Å². The van der Waals surface area contributed by atoms with Crippen molar-refractivity contribution in [1.29, 1.82) is 0 Å². The molecule has 9 heteroatoms. The number of nitrogens with one attached hydrogen (secondary N) is 2. The first-order valence-electron chi connectivity index (χ1n) is 7.40. The maximum Gasteiger partial charge on any atom is 0.393 e. The molecule has 0 aromatic heterocycles. The molecular weight excluding hydrogens is 330 g/mol. The third-order valence-electron chi connectivity index (χ3n) is 3.71. The molecule has 0 bridgehead atoms. The van der Waals surface area contributed by atoms with Crippen molar-refractivity contribution >= 4 is 17.6 Å². The van der Waals surface area contributed by atoms with E-state index >= 15 is 0 Å². The zero-order valence-electron chi connectivity index (χ0n) is 12.7. The van der Waals surface area contributed by atoms with Crippen molar-refractivity contribution in [3.63, 3.8) is 0 Å². The highest BCUT2D eigenvalue weighted by atomic mass is 19.4. The van der Waals surface area contributed by atoms with Crippen LogP contribution < -0.4 is 10.6 Å². The number of urea groups is 1. The van der Waals surface area contributed by atoms with Crippen LogP contribution in [-0.4, -0.2) is 42.6 Å². The minimum Gasteiger partial charge on any atom is -0.305 e. The van der Waals surface area contributed by atoms with Gasteiger partial charge in [0.25, 0.3) is 0 Å². The van der Waals surface area contributed by atoms with Gasteiger partial charge in [0.1, 0.15) is 5.82 Å². The first-order chi connectivity index (χ1) is 11.3. The standard InChI is InChI=1S/C15H17F4N3O2/c16-11-5-1-2-6-12(11)20-14(24)21-13(23)9-22-7-3-4-10(8-22)15(17,18)19/h1-2,5-6,10H,3-4,7-9H2,(H2,20,21,23,24). The van der Waals surface area contributed by atoms with Gasteiger partial charge >= 0.3 is 12.2 Å². The van der Waals surface area contributed by atoms with Crippen LogP contribution in [0.15, 0.2) is 24.3 Å². The van der Waals surface area contributed by atoms with Crippen LogP contribution in [0.25, 0.3) is 0 Å². The van der Waals surface area contributed by atoms with Crippen molar-refractivity contribution in [2.45, 2.75) is 19.0 Å². The van der Waals surface area contributed by atoms with Crippen LogP contribution in [0.2, 0.25) is 0 Å². The molecule has 2 rings (SSSR count). The average molecular weight is 347 g/mol. The Morgan fingerprint density at radius 3 is 2.62 bits per heavy atom. The molecule has 0 aliphatic carbocycles. The molecule has 132 valence electrons. The number of amides is 3. The van der Waals surface area contributed by atoms with Crippen molar-refractivity contribution in [2.24, 2.45) is 5.92 Å². The number of carbonyl (C=O) groups excluding carboxylic acids is 2. The Morgan fingerprint density at radius 1 is 1.25 bits per heavy atom. The second-order valence-corrected chi connectivity index (χ2v) is 5.60. The fourth-order valence-electron chi connectivity index (χ4n) is 2.55. The lowest BCUT2D eigenvalue weighted by atomic mass is 9.97. The lowest BCUT2D eigenvalue weighted by Crippen LogP contribution is -2.47. The van der Waals surface area contributed by atoms with Crippen molar-refractivity contribution in [2.75, 3.05) is 25.0 Å². The summed E-state index contributed by atoms with van der Waals surface area (Å²) in [5, 5.41) is 4.14. The SMILES string of the molecule is O=C(CN1CCCC(C(F)(F)F)C1)NC(=O)Nc1ccccc1F. The fraction of sp³-hybridized carbons (Fsp3) is 0.467. The van der Waals surface area contributed by atoms with E-state index in [1.807, 2.05) is 5.32 Å². The minimum absolute atomic E-state index is 0.0371. The van der Waals surface area contributed by atoms with Crippen molar-refractivity contribution in [3.05, 3.63) is 30.1 Å². The highest BCUT2D eigenvalue weighted by molar-refractivity contribution is 6.01. The molecular formula is C15H17F4N3O2. The van der Waals surface area contributed by atoms with Crippen molar-refractivity contribution in [3.8, 4) is 0 Å². The van der Waals surface area contributed by atoms with E-state index in [0.29, 0.717) is 13.0 Å². The molecule has 3 amide bonds. The number of alkyl halides is 3. The number of hydrogen-bond acceptors (Lipinski definition) is 3. The second-order valence-electron chi connectivity index (χ2n) is 5.60. The maximum absolute atomic E-state index is 13.4. The van der Waals surface area contributed by atoms with Crippen LogP contribution in [-0.2, 0) is 4.79 Å². The van der Waals surface area contributed by atoms with Gasteiger partial charge in [-0.15, -0.1) is 0 Å². The first-order valence-corrected chi connectivity index (χ1v) is 7.40. The molecule has 0 radical (unpaired) electrons. The molecule has 5 nitrogen and oxygen atoms in total. The van der Waals surface area contributed by atoms with Crippen molar-refractivity contribution in [1.82, 2.24) is 10.2 Å². The van der Waals surface area contributed by atoms with Crippen LogP contribution in [0.3, 0.4) is 0 Å². The van der Waals surface area contributed by atoms with Gasteiger partial charge in [0.05, 0.1) is 18.2 Å². The summed E-state index contributed by atoms with van der Waals surface area (Å²) >= 11 is 0. The highest BCUT2D eigenvalue weighted by Gasteiger charge is 2.41. The number of benzene rings is 1. The summed E-state index contributed by atoms with van der Waals surface area (Å²) in [5.74, 6) is -2.87. The highest BCUT2D eigenvalue weighted by Crippen LogP contribution is 2.32. The zero-order valence-corrected chi connectivity index (χ0v) is 12.7.